The number of imide groups is 1. The Morgan fingerprint density at radius 3 is 1.28 bits per heavy atom. The van der Waals surface area contributed by atoms with E-state index in [1.54, 1.807) is 12.1 Å². The predicted molar refractivity (Wildman–Crippen MR) is 119 cm³/mol. The van der Waals surface area contributed by atoms with Gasteiger partial charge in [0.2, 0.25) is 0 Å². The van der Waals surface area contributed by atoms with Gasteiger partial charge >= 0.3 is 0 Å². The molecule has 0 radical (unpaired) electrons. The number of hydrogen-bond acceptors (Lipinski definition) is 2. The lowest BCUT2D eigenvalue weighted by molar-refractivity contribution is 0.0896. The Labute approximate surface area is 173 Å². The van der Waals surface area contributed by atoms with Crippen LogP contribution in [-0.2, 0) is 0 Å². The lowest BCUT2D eigenvalue weighted by Gasteiger charge is -2.25. The fraction of sp³-hybridized carbons (Fsp3) is 0.231. The molecule has 0 N–H and O–H groups in total. The zero-order valence-electron chi connectivity index (χ0n) is 18.0. The molecule has 0 unspecified atom stereocenters. The first-order valence-corrected chi connectivity index (χ1v) is 9.80. The van der Waals surface area contributed by atoms with Crippen molar-refractivity contribution >= 4 is 17.5 Å². The molecule has 0 aliphatic heterocycles. The van der Waals surface area contributed by atoms with Gasteiger partial charge in [-0.15, -0.1) is 0 Å². The molecule has 0 aromatic heterocycles. The average Bonchev–Trinajstić information content (AvgIpc) is 2.61. The largest absolute Gasteiger partial charge is 0.268 e. The van der Waals surface area contributed by atoms with E-state index in [1.807, 2.05) is 84.0 Å². The molecule has 0 fully saturated rings. The maximum Gasteiger partial charge on any atom is 0.265 e. The summed E-state index contributed by atoms with van der Waals surface area (Å²) in [7, 11) is 0. The molecule has 3 heteroatoms. The van der Waals surface area contributed by atoms with Gasteiger partial charge in [0.05, 0.1) is 5.69 Å². The molecule has 3 aromatic rings. The van der Waals surface area contributed by atoms with Gasteiger partial charge in [0.15, 0.2) is 0 Å². The van der Waals surface area contributed by atoms with Gasteiger partial charge in [-0.25, -0.2) is 4.90 Å². The third kappa shape index (κ3) is 4.00. The van der Waals surface area contributed by atoms with Crippen molar-refractivity contribution in [2.24, 2.45) is 0 Å². The number of para-hydroxylation sites is 1. The molecular weight excluding hydrogens is 358 g/mol. The minimum absolute atomic E-state index is 0.296. The third-order valence-corrected chi connectivity index (χ3v) is 5.20. The molecule has 0 aliphatic carbocycles. The standard InChI is InChI=1S/C26H27NO2/c1-16-12-18(3)23(19(4)13-16)25(28)27(22-10-8-7-9-11-22)26(29)24-20(5)14-17(2)15-21(24)6/h7-15H,1-6H3. The van der Waals surface area contributed by atoms with Crippen LogP contribution >= 0.6 is 0 Å². The Kier molecular flexibility index (Phi) is 5.69. The van der Waals surface area contributed by atoms with E-state index < -0.39 is 0 Å². The first-order valence-electron chi connectivity index (χ1n) is 9.80. The Morgan fingerprint density at radius 2 is 0.931 bits per heavy atom. The SMILES string of the molecule is Cc1cc(C)c(C(=O)N(C(=O)c2c(C)cc(C)cc2C)c2ccccc2)c(C)c1. The van der Waals surface area contributed by atoms with Crippen LogP contribution in [0.3, 0.4) is 0 Å². The monoisotopic (exact) mass is 385 g/mol. The summed E-state index contributed by atoms with van der Waals surface area (Å²) >= 11 is 0. The zero-order valence-corrected chi connectivity index (χ0v) is 18.0. The van der Waals surface area contributed by atoms with Gasteiger partial charge < -0.3 is 0 Å². The number of anilines is 1. The lowest BCUT2D eigenvalue weighted by Crippen LogP contribution is -2.38. The van der Waals surface area contributed by atoms with Crippen molar-refractivity contribution in [2.75, 3.05) is 4.90 Å². The van der Waals surface area contributed by atoms with Crippen LogP contribution in [0.4, 0.5) is 5.69 Å². The van der Waals surface area contributed by atoms with Crippen molar-refractivity contribution in [1.82, 2.24) is 0 Å². The van der Waals surface area contributed by atoms with E-state index in [0.717, 1.165) is 33.4 Å². The smallest absolute Gasteiger partial charge is 0.265 e. The van der Waals surface area contributed by atoms with Gasteiger partial charge in [-0.05, 0) is 75.9 Å². The summed E-state index contributed by atoms with van der Waals surface area (Å²) in [5.74, 6) is -0.592. The molecule has 0 bridgehead atoms. The van der Waals surface area contributed by atoms with E-state index in [2.05, 4.69) is 0 Å². The fourth-order valence-electron chi connectivity index (χ4n) is 4.16. The minimum Gasteiger partial charge on any atom is -0.268 e. The average molecular weight is 386 g/mol. The van der Waals surface area contributed by atoms with Gasteiger partial charge in [0.25, 0.3) is 11.8 Å². The summed E-state index contributed by atoms with van der Waals surface area (Å²) in [6.07, 6.45) is 0. The maximum absolute atomic E-state index is 13.7. The molecule has 0 spiro atoms. The van der Waals surface area contributed by atoms with Gasteiger partial charge in [0, 0.05) is 11.1 Å². The maximum atomic E-state index is 13.7. The van der Waals surface area contributed by atoms with E-state index in [4.69, 9.17) is 0 Å². The van der Waals surface area contributed by atoms with Crippen molar-refractivity contribution in [2.45, 2.75) is 41.5 Å². The third-order valence-electron chi connectivity index (χ3n) is 5.20. The van der Waals surface area contributed by atoms with Crippen molar-refractivity contribution in [3.63, 3.8) is 0 Å². The van der Waals surface area contributed by atoms with Crippen molar-refractivity contribution in [3.05, 3.63) is 99.1 Å². The van der Waals surface area contributed by atoms with Crippen LogP contribution in [0.5, 0.6) is 0 Å². The van der Waals surface area contributed by atoms with Crippen molar-refractivity contribution in [3.8, 4) is 0 Å². The van der Waals surface area contributed by atoms with E-state index in [1.165, 1.54) is 4.90 Å². The molecule has 29 heavy (non-hydrogen) atoms. The van der Waals surface area contributed by atoms with E-state index in [0.29, 0.717) is 16.8 Å². The normalized spacial score (nSPS) is 10.7. The number of benzene rings is 3. The summed E-state index contributed by atoms with van der Waals surface area (Å²) < 4.78 is 0. The zero-order chi connectivity index (χ0) is 21.3. The summed E-state index contributed by atoms with van der Waals surface area (Å²) in [5, 5.41) is 0. The number of nitrogens with zero attached hydrogens (tertiary/aromatic N) is 1. The molecule has 0 aliphatic rings. The highest BCUT2D eigenvalue weighted by Gasteiger charge is 2.29. The van der Waals surface area contributed by atoms with Crippen molar-refractivity contribution in [1.29, 1.82) is 0 Å². The highest BCUT2D eigenvalue weighted by atomic mass is 16.2. The van der Waals surface area contributed by atoms with E-state index in [-0.39, 0.29) is 11.8 Å². The van der Waals surface area contributed by atoms with Crippen LogP contribution in [-0.4, -0.2) is 11.8 Å². The molecule has 0 atom stereocenters. The Bertz CT molecular complexity index is 981. The Balaban J connectivity index is 2.20. The number of rotatable bonds is 3. The Hall–Kier alpha value is -3.20. The molecule has 3 rings (SSSR count). The fourth-order valence-corrected chi connectivity index (χ4v) is 4.16. The second-order valence-electron chi connectivity index (χ2n) is 7.83. The summed E-state index contributed by atoms with van der Waals surface area (Å²) in [5.41, 5.74) is 7.42. The second-order valence-corrected chi connectivity index (χ2v) is 7.83. The second kappa shape index (κ2) is 8.04. The van der Waals surface area contributed by atoms with Crippen LogP contribution in [0.15, 0.2) is 54.6 Å². The molecular formula is C26H27NO2. The molecule has 148 valence electrons. The van der Waals surface area contributed by atoms with Crippen LogP contribution in [0, 0.1) is 41.5 Å². The van der Waals surface area contributed by atoms with Crippen molar-refractivity contribution < 1.29 is 9.59 Å². The highest BCUT2D eigenvalue weighted by molar-refractivity contribution is 6.27. The van der Waals surface area contributed by atoms with Crippen LogP contribution in [0.25, 0.3) is 0 Å². The van der Waals surface area contributed by atoms with Crippen LogP contribution < -0.4 is 4.90 Å². The summed E-state index contributed by atoms with van der Waals surface area (Å²) in [4.78, 5) is 28.7. The van der Waals surface area contributed by atoms with E-state index >= 15 is 0 Å². The van der Waals surface area contributed by atoms with Gasteiger partial charge in [0.1, 0.15) is 0 Å². The first-order chi connectivity index (χ1) is 13.7. The number of hydrogen-bond donors (Lipinski definition) is 0. The number of carbonyl (C=O) groups is 2. The molecule has 0 saturated heterocycles. The van der Waals surface area contributed by atoms with Gasteiger partial charge in [-0.2, -0.15) is 0 Å². The summed E-state index contributed by atoms with van der Waals surface area (Å²) in [6, 6.07) is 17.1. The minimum atomic E-state index is -0.296. The summed E-state index contributed by atoms with van der Waals surface area (Å²) in [6.45, 7) is 11.7. The molecule has 0 heterocycles. The number of amides is 2. The molecule has 2 amide bonds. The van der Waals surface area contributed by atoms with E-state index in [9.17, 15) is 9.59 Å². The Morgan fingerprint density at radius 1 is 0.586 bits per heavy atom. The quantitative estimate of drug-likeness (QED) is 0.517. The van der Waals surface area contributed by atoms with Gasteiger partial charge in [-0.1, -0.05) is 53.6 Å². The van der Waals surface area contributed by atoms with Gasteiger partial charge in [-0.3, -0.25) is 9.59 Å². The molecule has 3 nitrogen and oxygen atoms in total. The van der Waals surface area contributed by atoms with Crippen LogP contribution in [0.1, 0.15) is 54.1 Å². The highest BCUT2D eigenvalue weighted by Crippen LogP contribution is 2.27. The predicted octanol–water partition coefficient (Wildman–Crippen LogP) is 6.02. The molecule has 0 saturated carbocycles. The first kappa shape index (κ1) is 20.5. The lowest BCUT2D eigenvalue weighted by atomic mass is 9.96. The number of carbonyl (C=O) groups excluding carboxylic acids is 2. The number of aryl methyl sites for hydroxylation is 6. The molecule has 3 aromatic carbocycles. The topological polar surface area (TPSA) is 37.4 Å². The van der Waals surface area contributed by atoms with Crippen LogP contribution in [0.2, 0.25) is 0 Å².